The van der Waals surface area contributed by atoms with Crippen molar-refractivity contribution in [2.24, 2.45) is 0 Å². The fourth-order valence-corrected chi connectivity index (χ4v) is 1.93. The lowest BCUT2D eigenvalue weighted by Gasteiger charge is -2.22. The molecule has 116 valence electrons. The summed E-state index contributed by atoms with van der Waals surface area (Å²) in [5.74, 6) is -1.01. The second kappa shape index (κ2) is 6.66. The van der Waals surface area contributed by atoms with E-state index >= 15 is 0 Å². The Hall–Kier alpha value is -1.96. The van der Waals surface area contributed by atoms with Gasteiger partial charge in [-0.05, 0) is 25.0 Å². The van der Waals surface area contributed by atoms with E-state index in [0.29, 0.717) is 0 Å². The normalized spacial score (nSPS) is 14.1. The van der Waals surface area contributed by atoms with Gasteiger partial charge in [0.05, 0.1) is 12.3 Å². The van der Waals surface area contributed by atoms with Crippen molar-refractivity contribution in [3.63, 3.8) is 0 Å². The van der Waals surface area contributed by atoms with E-state index in [0.717, 1.165) is 31.0 Å². The molecule has 2 rings (SSSR count). The van der Waals surface area contributed by atoms with Gasteiger partial charge >= 0.3 is 12.6 Å². The molecule has 1 fully saturated rings. The minimum atomic E-state index is -3.08. The molecule has 2 N–H and O–H groups in total. The summed E-state index contributed by atoms with van der Waals surface area (Å²) in [6.45, 7) is -3.17. The molecule has 0 unspecified atom stereocenters. The Labute approximate surface area is 119 Å². The Morgan fingerprint density at radius 3 is 2.76 bits per heavy atom. The van der Waals surface area contributed by atoms with E-state index in [1.165, 1.54) is 4.90 Å². The third kappa shape index (κ3) is 4.25. The van der Waals surface area contributed by atoms with Crippen LogP contribution in [-0.4, -0.2) is 41.8 Å². The molecule has 0 aromatic heterocycles. The van der Waals surface area contributed by atoms with E-state index < -0.39 is 18.5 Å². The van der Waals surface area contributed by atoms with E-state index in [-0.39, 0.29) is 30.6 Å². The summed E-state index contributed by atoms with van der Waals surface area (Å²) in [6, 6.07) is 2.31. The number of benzene rings is 1. The van der Waals surface area contributed by atoms with E-state index in [1.54, 1.807) is 0 Å². The van der Waals surface area contributed by atoms with Gasteiger partial charge in [-0.15, -0.1) is 0 Å². The number of urea groups is 1. The third-order valence-electron chi connectivity index (χ3n) is 2.99. The maximum atomic E-state index is 13.2. The molecule has 0 heterocycles. The number of nitrogens with one attached hydrogen (secondary N) is 1. The van der Waals surface area contributed by atoms with Crippen LogP contribution in [0, 0.1) is 5.82 Å². The highest BCUT2D eigenvalue weighted by molar-refractivity contribution is 5.91. The van der Waals surface area contributed by atoms with Crippen LogP contribution >= 0.6 is 0 Å². The number of ether oxygens (including phenoxy) is 1. The van der Waals surface area contributed by atoms with E-state index in [2.05, 4.69) is 10.1 Å². The summed E-state index contributed by atoms with van der Waals surface area (Å²) in [6.07, 6.45) is 1.63. The zero-order valence-corrected chi connectivity index (χ0v) is 11.1. The SMILES string of the molecule is O=C(Nc1cc(F)ccc1OC(F)F)N(CCO)C1CC1. The second-order valence-electron chi connectivity index (χ2n) is 4.60. The number of hydrogen-bond donors (Lipinski definition) is 2. The number of alkyl halides is 2. The highest BCUT2D eigenvalue weighted by Gasteiger charge is 2.32. The van der Waals surface area contributed by atoms with Gasteiger partial charge in [0, 0.05) is 18.7 Å². The standard InChI is InChI=1S/C13H15F3N2O3/c14-8-1-4-11(21-12(15)16)10(7-8)17-13(20)18(5-6-19)9-2-3-9/h1,4,7,9,12,19H,2-3,5-6H2,(H,17,20). The fourth-order valence-electron chi connectivity index (χ4n) is 1.93. The number of rotatable bonds is 6. The lowest BCUT2D eigenvalue weighted by atomic mass is 10.3. The fraction of sp³-hybridized carbons (Fsp3) is 0.462. The quantitative estimate of drug-likeness (QED) is 0.848. The number of aliphatic hydroxyl groups excluding tert-OH is 1. The number of nitrogens with zero attached hydrogens (tertiary/aromatic N) is 1. The van der Waals surface area contributed by atoms with Gasteiger partial charge in [0.15, 0.2) is 0 Å². The van der Waals surface area contributed by atoms with Gasteiger partial charge in [0.2, 0.25) is 0 Å². The van der Waals surface area contributed by atoms with Gasteiger partial charge < -0.3 is 20.1 Å². The molecule has 0 spiro atoms. The monoisotopic (exact) mass is 304 g/mol. The first kappa shape index (κ1) is 15.4. The van der Waals surface area contributed by atoms with E-state index in [9.17, 15) is 18.0 Å². The molecular formula is C13H15F3N2O3. The van der Waals surface area contributed by atoms with Crippen molar-refractivity contribution in [2.45, 2.75) is 25.5 Å². The van der Waals surface area contributed by atoms with Crippen LogP contribution in [0.2, 0.25) is 0 Å². The zero-order chi connectivity index (χ0) is 15.4. The molecule has 5 nitrogen and oxygen atoms in total. The number of carbonyl (C=O) groups excluding carboxylic acids is 1. The van der Waals surface area contributed by atoms with Crippen LogP contribution in [0.15, 0.2) is 18.2 Å². The van der Waals surface area contributed by atoms with Gasteiger partial charge in [0.1, 0.15) is 11.6 Å². The molecule has 21 heavy (non-hydrogen) atoms. The van der Waals surface area contributed by atoms with Gasteiger partial charge in [-0.25, -0.2) is 9.18 Å². The molecule has 1 saturated carbocycles. The van der Waals surface area contributed by atoms with Crippen molar-refractivity contribution in [1.82, 2.24) is 4.90 Å². The highest BCUT2D eigenvalue weighted by atomic mass is 19.3. The Bertz CT molecular complexity index is 509. The summed E-state index contributed by atoms with van der Waals surface area (Å²) < 4.78 is 42.0. The van der Waals surface area contributed by atoms with Gasteiger partial charge in [0.25, 0.3) is 0 Å². The highest BCUT2D eigenvalue weighted by Crippen LogP contribution is 2.30. The van der Waals surface area contributed by atoms with Crippen molar-refractivity contribution < 1.29 is 27.8 Å². The number of carbonyl (C=O) groups is 1. The minimum absolute atomic E-state index is 0.0187. The van der Waals surface area contributed by atoms with Crippen LogP contribution in [0.4, 0.5) is 23.7 Å². The van der Waals surface area contributed by atoms with Crippen LogP contribution in [0.25, 0.3) is 0 Å². The Morgan fingerprint density at radius 1 is 1.48 bits per heavy atom. The Balaban J connectivity index is 2.13. The van der Waals surface area contributed by atoms with Gasteiger partial charge in [-0.1, -0.05) is 0 Å². The van der Waals surface area contributed by atoms with Crippen molar-refractivity contribution in [2.75, 3.05) is 18.5 Å². The number of aliphatic hydroxyl groups is 1. The molecule has 1 aromatic carbocycles. The number of amides is 2. The molecule has 0 aliphatic heterocycles. The summed E-state index contributed by atoms with van der Waals surface area (Å²) in [7, 11) is 0. The molecule has 8 heteroatoms. The summed E-state index contributed by atoms with van der Waals surface area (Å²) in [5, 5.41) is 11.3. The van der Waals surface area contributed by atoms with Crippen molar-refractivity contribution in [3.05, 3.63) is 24.0 Å². The van der Waals surface area contributed by atoms with Crippen molar-refractivity contribution in [1.29, 1.82) is 0 Å². The number of anilines is 1. The molecule has 0 saturated heterocycles. The first-order valence-electron chi connectivity index (χ1n) is 6.44. The molecule has 0 radical (unpaired) electrons. The second-order valence-corrected chi connectivity index (χ2v) is 4.60. The zero-order valence-electron chi connectivity index (χ0n) is 11.1. The summed E-state index contributed by atoms with van der Waals surface area (Å²) >= 11 is 0. The Kier molecular flexibility index (Phi) is 4.89. The Morgan fingerprint density at radius 2 is 2.19 bits per heavy atom. The first-order valence-corrected chi connectivity index (χ1v) is 6.44. The average Bonchev–Trinajstić information content (AvgIpc) is 3.23. The topological polar surface area (TPSA) is 61.8 Å². The molecule has 1 aliphatic rings. The smallest absolute Gasteiger partial charge is 0.387 e. The lowest BCUT2D eigenvalue weighted by molar-refractivity contribution is -0.0494. The predicted octanol–water partition coefficient (Wildman–Crippen LogP) is 2.42. The maximum Gasteiger partial charge on any atom is 0.387 e. The molecule has 1 aliphatic carbocycles. The number of halogens is 3. The van der Waals surface area contributed by atoms with Crippen LogP contribution in [0.1, 0.15) is 12.8 Å². The lowest BCUT2D eigenvalue weighted by Crippen LogP contribution is -2.38. The largest absolute Gasteiger partial charge is 0.433 e. The van der Waals surface area contributed by atoms with Gasteiger partial charge in [-0.2, -0.15) is 8.78 Å². The number of hydrogen-bond acceptors (Lipinski definition) is 3. The van der Waals surface area contributed by atoms with Crippen LogP contribution in [-0.2, 0) is 0 Å². The maximum absolute atomic E-state index is 13.2. The predicted molar refractivity (Wildman–Crippen MR) is 68.9 cm³/mol. The summed E-state index contributed by atoms with van der Waals surface area (Å²) in [4.78, 5) is 13.5. The van der Waals surface area contributed by atoms with E-state index in [4.69, 9.17) is 5.11 Å². The molecular weight excluding hydrogens is 289 g/mol. The minimum Gasteiger partial charge on any atom is -0.433 e. The summed E-state index contributed by atoms with van der Waals surface area (Å²) in [5.41, 5.74) is -0.177. The van der Waals surface area contributed by atoms with Crippen LogP contribution in [0.5, 0.6) is 5.75 Å². The van der Waals surface area contributed by atoms with Crippen LogP contribution < -0.4 is 10.1 Å². The van der Waals surface area contributed by atoms with Crippen molar-refractivity contribution in [3.8, 4) is 5.75 Å². The van der Waals surface area contributed by atoms with Gasteiger partial charge in [-0.3, -0.25) is 0 Å². The van der Waals surface area contributed by atoms with Crippen molar-refractivity contribution >= 4 is 11.7 Å². The first-order chi connectivity index (χ1) is 10.0. The third-order valence-corrected chi connectivity index (χ3v) is 2.99. The van der Waals surface area contributed by atoms with Crippen LogP contribution in [0.3, 0.4) is 0 Å². The van der Waals surface area contributed by atoms with E-state index in [1.807, 2.05) is 0 Å². The molecule has 1 aromatic rings. The molecule has 0 atom stereocenters. The molecule has 2 amide bonds. The molecule has 0 bridgehead atoms. The average molecular weight is 304 g/mol.